The number of carbonyl (C=O) groups is 3. The Morgan fingerprint density at radius 2 is 2.18 bits per heavy atom. The molecule has 1 unspecified atom stereocenters. The van der Waals surface area contributed by atoms with E-state index in [1.807, 2.05) is 6.92 Å². The SMILES string of the molecule is C=CCO/N=C(\C(=O)NC1C(=O)N2C(C(=O)[O-])=C(CSc3nc(N)cc(N)[n+]3CC)CS[C@H]12)c1csc(N)n1. The summed E-state index contributed by atoms with van der Waals surface area (Å²) in [5.41, 5.74) is 17.8. The van der Waals surface area contributed by atoms with Crippen LogP contribution in [0, 0.1) is 0 Å². The number of fused-ring (bicyclic) bond motifs is 1. The zero-order valence-electron chi connectivity index (χ0n) is 20.7. The maximum Gasteiger partial charge on any atom is 0.301 e. The van der Waals surface area contributed by atoms with Crippen LogP contribution >= 0.6 is 34.9 Å². The van der Waals surface area contributed by atoms with Crippen molar-refractivity contribution in [2.75, 3.05) is 35.3 Å². The van der Waals surface area contributed by atoms with E-state index in [4.69, 9.17) is 22.0 Å². The minimum atomic E-state index is -1.49. The molecule has 2 aromatic heterocycles. The maximum absolute atomic E-state index is 13.1. The molecule has 206 valence electrons. The highest BCUT2D eigenvalue weighted by molar-refractivity contribution is 8.01. The number of carbonyl (C=O) groups excluding carboxylic acids is 3. The van der Waals surface area contributed by atoms with E-state index in [0.717, 1.165) is 16.2 Å². The van der Waals surface area contributed by atoms with Crippen molar-refractivity contribution in [1.82, 2.24) is 20.2 Å². The van der Waals surface area contributed by atoms with Crippen LogP contribution in [0.25, 0.3) is 0 Å². The van der Waals surface area contributed by atoms with Crippen molar-refractivity contribution in [2.45, 2.75) is 30.0 Å². The lowest BCUT2D eigenvalue weighted by Gasteiger charge is -2.50. The van der Waals surface area contributed by atoms with Crippen molar-refractivity contribution in [1.29, 1.82) is 0 Å². The number of nitrogen functional groups attached to an aromatic ring is 3. The highest BCUT2D eigenvalue weighted by atomic mass is 32.2. The van der Waals surface area contributed by atoms with Crippen LogP contribution in [-0.4, -0.2) is 67.9 Å². The predicted molar refractivity (Wildman–Crippen MR) is 146 cm³/mol. The average Bonchev–Trinajstić information content (AvgIpc) is 3.33. The van der Waals surface area contributed by atoms with Gasteiger partial charge in [-0.05, 0) is 24.3 Å². The van der Waals surface area contributed by atoms with Gasteiger partial charge in [0, 0.05) is 16.9 Å². The van der Waals surface area contributed by atoms with E-state index in [2.05, 4.69) is 27.0 Å². The second-order valence-corrected chi connectivity index (χ2v) is 11.1. The summed E-state index contributed by atoms with van der Waals surface area (Å²) >= 11 is 3.67. The molecule has 0 aromatic carbocycles. The summed E-state index contributed by atoms with van der Waals surface area (Å²) < 4.78 is 1.74. The van der Waals surface area contributed by atoms with E-state index in [1.54, 1.807) is 10.6 Å². The number of aliphatic carboxylic acids is 1. The van der Waals surface area contributed by atoms with Crippen LogP contribution in [0.2, 0.25) is 0 Å². The fraction of sp³-hybridized carbons (Fsp3) is 0.318. The Morgan fingerprint density at radius 1 is 1.41 bits per heavy atom. The molecule has 2 amide bonds. The van der Waals surface area contributed by atoms with Gasteiger partial charge in [0.2, 0.25) is 11.6 Å². The molecule has 4 rings (SSSR count). The van der Waals surface area contributed by atoms with Crippen LogP contribution < -0.4 is 32.2 Å². The van der Waals surface area contributed by atoms with E-state index >= 15 is 0 Å². The number of thioether (sulfide) groups is 2. The van der Waals surface area contributed by atoms with Crippen LogP contribution in [0.4, 0.5) is 16.8 Å². The van der Waals surface area contributed by atoms with Gasteiger partial charge in [-0.25, -0.2) is 9.55 Å². The van der Waals surface area contributed by atoms with Crippen LogP contribution in [0.3, 0.4) is 0 Å². The van der Waals surface area contributed by atoms with Gasteiger partial charge in [-0.15, -0.1) is 23.1 Å². The number of nitrogens with one attached hydrogen (secondary N) is 1. The number of thiazole rings is 1. The molecule has 2 aliphatic rings. The van der Waals surface area contributed by atoms with Crippen molar-refractivity contribution >= 4 is 75.1 Å². The zero-order chi connectivity index (χ0) is 28.3. The Hall–Kier alpha value is -3.83. The summed E-state index contributed by atoms with van der Waals surface area (Å²) in [7, 11) is 0. The topological polar surface area (TPSA) is 219 Å². The number of anilines is 3. The number of nitrogens with zero attached hydrogens (tertiary/aromatic N) is 5. The third kappa shape index (κ3) is 5.79. The molecular formula is C22H25N9O5S3. The van der Waals surface area contributed by atoms with E-state index in [0.29, 0.717) is 23.1 Å². The second kappa shape index (κ2) is 11.9. The number of amides is 2. The Balaban J connectivity index is 1.51. The fourth-order valence-corrected chi connectivity index (χ4v) is 7.00. The number of carboxylic acids is 1. The minimum Gasteiger partial charge on any atom is -0.543 e. The lowest BCUT2D eigenvalue weighted by Crippen LogP contribution is -2.71. The van der Waals surface area contributed by atoms with Gasteiger partial charge in [-0.3, -0.25) is 14.5 Å². The molecule has 2 aliphatic heterocycles. The molecule has 4 heterocycles. The Labute approximate surface area is 235 Å². The minimum absolute atomic E-state index is 0.0432. The monoisotopic (exact) mass is 591 g/mol. The summed E-state index contributed by atoms with van der Waals surface area (Å²) in [4.78, 5) is 52.8. The first-order valence-electron chi connectivity index (χ1n) is 11.5. The lowest BCUT2D eigenvalue weighted by atomic mass is 10.0. The molecule has 0 aliphatic carbocycles. The lowest BCUT2D eigenvalue weighted by molar-refractivity contribution is -0.719. The third-order valence-electron chi connectivity index (χ3n) is 5.61. The standard InChI is InChI=1S/C22H25N9O5S3/c1-3-5-36-29-14(11-9-38-21(25)26-11)17(32)28-15-18(33)31-16(20(34)35)10(7-37-19(15)31)8-39-22-27-12(23)6-13(24)30(22)4-2/h3,6,9,15,19H,1,4-5,7-8H2,2H3,(H7,23,24,25,26,28,32,34,35)/b29-14-/t15?,19-/m1/s1. The molecular weight excluding hydrogens is 567 g/mol. The Bertz CT molecular complexity index is 1390. The number of carboxylic acid groups (broad SMARTS) is 1. The van der Waals surface area contributed by atoms with Crippen LogP contribution in [0.5, 0.6) is 0 Å². The molecule has 0 spiro atoms. The summed E-state index contributed by atoms with van der Waals surface area (Å²) in [6, 6.07) is 0.544. The number of nitrogens with two attached hydrogens (primary N) is 3. The largest absolute Gasteiger partial charge is 0.543 e. The quantitative estimate of drug-likeness (QED) is 0.0350. The van der Waals surface area contributed by atoms with Gasteiger partial charge >= 0.3 is 5.16 Å². The van der Waals surface area contributed by atoms with Gasteiger partial charge in [-0.2, -0.15) is 0 Å². The molecule has 7 N–H and O–H groups in total. The molecule has 1 fully saturated rings. The van der Waals surface area contributed by atoms with Gasteiger partial charge < -0.3 is 37.3 Å². The number of oxime groups is 1. The Morgan fingerprint density at radius 3 is 2.82 bits per heavy atom. The third-order valence-corrected chi connectivity index (χ3v) is 8.69. The molecule has 0 radical (unpaired) electrons. The van der Waals surface area contributed by atoms with E-state index in [-0.39, 0.29) is 46.2 Å². The van der Waals surface area contributed by atoms with E-state index < -0.39 is 29.2 Å². The van der Waals surface area contributed by atoms with Gasteiger partial charge in [0.15, 0.2) is 10.8 Å². The van der Waals surface area contributed by atoms with Crippen LogP contribution in [0.1, 0.15) is 12.6 Å². The highest BCUT2D eigenvalue weighted by Crippen LogP contribution is 2.41. The van der Waals surface area contributed by atoms with Gasteiger partial charge in [0.1, 0.15) is 23.7 Å². The van der Waals surface area contributed by atoms with Crippen molar-refractivity contribution in [3.8, 4) is 0 Å². The zero-order valence-corrected chi connectivity index (χ0v) is 23.1. The molecule has 0 saturated carbocycles. The maximum atomic E-state index is 13.1. The predicted octanol–water partition coefficient (Wildman–Crippen LogP) is -1.30. The first-order chi connectivity index (χ1) is 18.7. The fourth-order valence-electron chi connectivity index (χ4n) is 3.87. The molecule has 1 saturated heterocycles. The van der Waals surface area contributed by atoms with Gasteiger partial charge in [0.05, 0.1) is 24.3 Å². The number of hydrogen-bond donors (Lipinski definition) is 4. The summed E-state index contributed by atoms with van der Waals surface area (Å²) in [6.45, 7) is 5.99. The summed E-state index contributed by atoms with van der Waals surface area (Å²) in [5.74, 6) is -1.65. The summed E-state index contributed by atoms with van der Waals surface area (Å²) in [5, 5.41) is 20.2. The van der Waals surface area contributed by atoms with Crippen LogP contribution in [0.15, 0.2) is 45.7 Å². The van der Waals surface area contributed by atoms with Crippen LogP contribution in [-0.2, 0) is 25.8 Å². The first-order valence-corrected chi connectivity index (χ1v) is 14.4. The second-order valence-electron chi connectivity index (χ2n) is 8.12. The number of β-lactam (4-membered cyclic amide) rings is 1. The smallest absolute Gasteiger partial charge is 0.301 e. The molecule has 2 aromatic rings. The summed E-state index contributed by atoms with van der Waals surface area (Å²) in [6.07, 6.45) is 1.45. The number of rotatable bonds is 11. The van der Waals surface area contributed by atoms with E-state index in [1.165, 1.54) is 35.0 Å². The molecule has 14 nitrogen and oxygen atoms in total. The highest BCUT2D eigenvalue weighted by Gasteiger charge is 2.53. The van der Waals surface area contributed by atoms with Crippen molar-refractivity contribution in [3.63, 3.8) is 0 Å². The van der Waals surface area contributed by atoms with Crippen molar-refractivity contribution < 1.29 is 28.9 Å². The van der Waals surface area contributed by atoms with E-state index in [9.17, 15) is 19.5 Å². The number of aromatic nitrogens is 3. The molecule has 17 heteroatoms. The Kier molecular flexibility index (Phi) is 8.61. The first kappa shape index (κ1) is 28.2. The van der Waals surface area contributed by atoms with Crippen molar-refractivity contribution in [3.05, 3.63) is 41.1 Å². The molecule has 2 atom stereocenters. The average molecular weight is 592 g/mol. The molecule has 0 bridgehead atoms. The normalized spacial score (nSPS) is 18.8. The van der Waals surface area contributed by atoms with Gasteiger partial charge in [0.25, 0.3) is 11.8 Å². The molecule has 39 heavy (non-hydrogen) atoms. The van der Waals surface area contributed by atoms with Gasteiger partial charge in [-0.1, -0.05) is 22.8 Å². The van der Waals surface area contributed by atoms with Crippen molar-refractivity contribution in [2.24, 2.45) is 5.16 Å². The number of hydrogen-bond acceptors (Lipinski definition) is 14.